The zero-order valence-electron chi connectivity index (χ0n) is 13.6. The molecule has 1 aliphatic heterocycles. The molecule has 1 aromatic carbocycles. The van der Waals surface area contributed by atoms with Gasteiger partial charge in [-0.3, -0.25) is 10.1 Å². The molecule has 1 aromatic heterocycles. The molecule has 2 heterocycles. The highest BCUT2D eigenvalue weighted by Gasteiger charge is 2.31. The fraction of sp³-hybridized carbons (Fsp3) is 0.375. The first kappa shape index (κ1) is 17.7. The lowest BCUT2D eigenvalue weighted by molar-refractivity contribution is -0.383. The Morgan fingerprint density at radius 1 is 1.32 bits per heavy atom. The molecular formula is C16H17Cl2N5O2. The van der Waals surface area contributed by atoms with E-state index in [1.807, 2.05) is 11.8 Å². The summed E-state index contributed by atoms with van der Waals surface area (Å²) in [5, 5.41) is 15.3. The highest BCUT2D eigenvalue weighted by atomic mass is 35.5. The van der Waals surface area contributed by atoms with Crippen LogP contribution in [-0.4, -0.2) is 27.5 Å². The number of hydrogen-bond donors (Lipinski definition) is 1. The van der Waals surface area contributed by atoms with Crippen molar-refractivity contribution in [2.24, 2.45) is 0 Å². The Morgan fingerprint density at radius 2 is 2.12 bits per heavy atom. The van der Waals surface area contributed by atoms with Gasteiger partial charge in [0.2, 0.25) is 11.6 Å². The smallest absolute Gasteiger partial charge is 0.348 e. The molecule has 0 radical (unpaired) electrons. The second-order valence-electron chi connectivity index (χ2n) is 5.92. The number of nitrogens with zero attached hydrogens (tertiary/aromatic N) is 4. The number of hydrogen-bond acceptors (Lipinski definition) is 6. The molecule has 0 amide bonds. The summed E-state index contributed by atoms with van der Waals surface area (Å²) in [6, 6.07) is 5.22. The van der Waals surface area contributed by atoms with Gasteiger partial charge in [-0.2, -0.15) is 0 Å². The Balaban J connectivity index is 2.04. The van der Waals surface area contributed by atoms with Gasteiger partial charge in [-0.25, -0.2) is 9.97 Å². The second-order valence-corrected chi connectivity index (χ2v) is 6.70. The van der Waals surface area contributed by atoms with Gasteiger partial charge in [0.05, 0.1) is 20.7 Å². The molecule has 7 nitrogen and oxygen atoms in total. The van der Waals surface area contributed by atoms with Crippen LogP contribution in [0, 0.1) is 10.1 Å². The van der Waals surface area contributed by atoms with Crippen molar-refractivity contribution in [1.82, 2.24) is 9.97 Å². The number of aromatic nitrogens is 2. The van der Waals surface area contributed by atoms with Crippen molar-refractivity contribution in [3.05, 3.63) is 44.7 Å². The molecule has 1 fully saturated rings. The summed E-state index contributed by atoms with van der Waals surface area (Å²) >= 11 is 12.2. The third kappa shape index (κ3) is 3.62. The van der Waals surface area contributed by atoms with Crippen molar-refractivity contribution in [3.8, 4) is 0 Å². The lowest BCUT2D eigenvalue weighted by Gasteiger charge is -2.33. The summed E-state index contributed by atoms with van der Waals surface area (Å²) in [5.74, 6) is 0.421. The molecule has 1 atom stereocenters. The van der Waals surface area contributed by atoms with Crippen LogP contribution in [0.3, 0.4) is 0 Å². The number of piperidine rings is 1. The summed E-state index contributed by atoms with van der Waals surface area (Å²) in [7, 11) is 0. The van der Waals surface area contributed by atoms with Gasteiger partial charge >= 0.3 is 5.69 Å². The van der Waals surface area contributed by atoms with E-state index in [0.717, 1.165) is 25.8 Å². The van der Waals surface area contributed by atoms with Crippen LogP contribution in [0.4, 0.5) is 23.0 Å². The van der Waals surface area contributed by atoms with Crippen LogP contribution in [0.2, 0.25) is 10.0 Å². The molecule has 1 unspecified atom stereocenters. The van der Waals surface area contributed by atoms with E-state index in [-0.39, 0.29) is 22.6 Å². The minimum atomic E-state index is -0.461. The van der Waals surface area contributed by atoms with E-state index < -0.39 is 4.92 Å². The fourth-order valence-corrected chi connectivity index (χ4v) is 3.33. The van der Waals surface area contributed by atoms with Gasteiger partial charge in [0, 0.05) is 12.6 Å². The Labute approximate surface area is 155 Å². The second kappa shape index (κ2) is 7.41. The van der Waals surface area contributed by atoms with Gasteiger partial charge in [-0.1, -0.05) is 29.3 Å². The van der Waals surface area contributed by atoms with Gasteiger partial charge in [-0.05, 0) is 38.3 Å². The summed E-state index contributed by atoms with van der Waals surface area (Å²) < 4.78 is 0. The molecule has 2 aromatic rings. The normalized spacial score (nSPS) is 17.4. The van der Waals surface area contributed by atoms with Crippen LogP contribution in [0.5, 0.6) is 0 Å². The first-order chi connectivity index (χ1) is 12.0. The molecule has 1 N–H and O–H groups in total. The predicted molar refractivity (Wildman–Crippen MR) is 99.1 cm³/mol. The zero-order valence-corrected chi connectivity index (χ0v) is 15.1. The van der Waals surface area contributed by atoms with Gasteiger partial charge in [-0.15, -0.1) is 0 Å². The van der Waals surface area contributed by atoms with Crippen molar-refractivity contribution in [2.45, 2.75) is 32.2 Å². The largest absolute Gasteiger partial charge is 0.353 e. The van der Waals surface area contributed by atoms with E-state index in [0.29, 0.717) is 16.5 Å². The highest BCUT2D eigenvalue weighted by molar-refractivity contribution is 6.43. The van der Waals surface area contributed by atoms with Crippen molar-refractivity contribution < 1.29 is 4.92 Å². The van der Waals surface area contributed by atoms with Crippen LogP contribution >= 0.6 is 23.2 Å². The minimum absolute atomic E-state index is 0.0944. The molecule has 1 aliphatic rings. The SMILES string of the molecule is CC1CCCCN1c1ncnc(Nc2cccc(Cl)c2Cl)c1[N+](=O)[O-]. The maximum atomic E-state index is 11.7. The van der Waals surface area contributed by atoms with Crippen LogP contribution in [0.1, 0.15) is 26.2 Å². The van der Waals surface area contributed by atoms with Crippen LogP contribution in [-0.2, 0) is 0 Å². The number of halogens is 2. The van der Waals surface area contributed by atoms with E-state index in [1.165, 1.54) is 6.33 Å². The summed E-state index contributed by atoms with van der Waals surface area (Å²) in [5.41, 5.74) is 0.293. The molecule has 0 aliphatic carbocycles. The van der Waals surface area contributed by atoms with E-state index in [4.69, 9.17) is 23.2 Å². The summed E-state index contributed by atoms with van der Waals surface area (Å²) in [6.45, 7) is 2.78. The standard InChI is InChI=1S/C16H17Cl2N5O2/c1-10-5-2-3-8-22(10)16-14(23(24)25)15(19-9-20-16)21-12-7-4-6-11(17)13(12)18/h4,6-7,9-10H,2-3,5,8H2,1H3,(H,19,20,21). The number of benzene rings is 1. The molecule has 132 valence electrons. The van der Waals surface area contributed by atoms with Crippen LogP contribution < -0.4 is 10.2 Å². The maximum Gasteiger partial charge on any atom is 0.353 e. The maximum absolute atomic E-state index is 11.7. The van der Waals surface area contributed by atoms with Gasteiger partial charge in [0.1, 0.15) is 6.33 Å². The number of rotatable bonds is 4. The lowest BCUT2D eigenvalue weighted by atomic mass is 10.0. The third-order valence-electron chi connectivity index (χ3n) is 4.27. The van der Waals surface area contributed by atoms with Gasteiger partial charge in [0.25, 0.3) is 0 Å². The minimum Gasteiger partial charge on any atom is -0.348 e. The van der Waals surface area contributed by atoms with Crippen molar-refractivity contribution in [1.29, 1.82) is 0 Å². The Bertz CT molecular complexity index is 802. The molecule has 0 saturated carbocycles. The molecule has 0 spiro atoms. The molecule has 9 heteroatoms. The van der Waals surface area contributed by atoms with Gasteiger partial charge in [0.15, 0.2) is 0 Å². The zero-order chi connectivity index (χ0) is 18.0. The van der Waals surface area contributed by atoms with E-state index in [9.17, 15) is 10.1 Å². The van der Waals surface area contributed by atoms with E-state index >= 15 is 0 Å². The third-order valence-corrected chi connectivity index (χ3v) is 5.08. The first-order valence-corrected chi connectivity index (χ1v) is 8.71. The monoisotopic (exact) mass is 381 g/mol. The van der Waals surface area contributed by atoms with Gasteiger partial charge < -0.3 is 10.2 Å². The van der Waals surface area contributed by atoms with Crippen LogP contribution in [0.25, 0.3) is 0 Å². The number of nitro groups is 1. The Hall–Kier alpha value is -2.12. The van der Waals surface area contributed by atoms with Crippen LogP contribution in [0.15, 0.2) is 24.5 Å². The summed E-state index contributed by atoms with van der Waals surface area (Å²) in [6.07, 6.45) is 4.39. The molecule has 3 rings (SSSR count). The molecule has 1 saturated heterocycles. The highest BCUT2D eigenvalue weighted by Crippen LogP contribution is 2.38. The number of anilines is 3. The quantitative estimate of drug-likeness (QED) is 0.603. The molecule has 25 heavy (non-hydrogen) atoms. The average Bonchev–Trinajstić information content (AvgIpc) is 2.59. The average molecular weight is 382 g/mol. The lowest BCUT2D eigenvalue weighted by Crippen LogP contribution is -2.38. The van der Waals surface area contributed by atoms with Crippen molar-refractivity contribution in [3.63, 3.8) is 0 Å². The predicted octanol–water partition coefficient (Wildman–Crippen LogP) is 4.81. The summed E-state index contributed by atoms with van der Waals surface area (Å²) in [4.78, 5) is 21.5. The van der Waals surface area contributed by atoms with Crippen molar-refractivity contribution >= 4 is 46.2 Å². The Kier molecular flexibility index (Phi) is 5.24. The fourth-order valence-electron chi connectivity index (χ4n) is 2.98. The van der Waals surface area contributed by atoms with Crippen molar-refractivity contribution in [2.75, 3.05) is 16.8 Å². The Morgan fingerprint density at radius 3 is 2.84 bits per heavy atom. The molecular weight excluding hydrogens is 365 g/mol. The van der Waals surface area contributed by atoms with E-state index in [1.54, 1.807) is 18.2 Å². The molecule has 0 bridgehead atoms. The first-order valence-electron chi connectivity index (χ1n) is 7.96. The van der Waals surface area contributed by atoms with E-state index in [2.05, 4.69) is 15.3 Å². The number of nitrogens with one attached hydrogen (secondary N) is 1. The topological polar surface area (TPSA) is 84.2 Å².